The van der Waals surface area contributed by atoms with Crippen LogP contribution in [0.3, 0.4) is 0 Å². The average molecular weight is 292 g/mol. The lowest BCUT2D eigenvalue weighted by molar-refractivity contribution is 0.417. The molecule has 3 heteroatoms. The van der Waals surface area contributed by atoms with Gasteiger partial charge in [-0.1, -0.05) is 26.8 Å². The van der Waals surface area contributed by atoms with Crippen LogP contribution < -0.4 is 5.32 Å². The maximum Gasteiger partial charge on any atom is 0.0482 e. The standard InChI is InChI=1S/C17H28N2S/c1-4-18-16(12-20-11-13(2)3)15-9-5-7-14-8-6-10-19-17(14)15/h6,8,10,13,15-16,18H,4-5,7,9,11-12H2,1-3H3. The minimum absolute atomic E-state index is 0.567. The molecular formula is C17H28N2S. The van der Waals surface area contributed by atoms with E-state index >= 15 is 0 Å². The summed E-state index contributed by atoms with van der Waals surface area (Å²) in [5.41, 5.74) is 2.83. The van der Waals surface area contributed by atoms with E-state index in [9.17, 15) is 0 Å². The van der Waals surface area contributed by atoms with Crippen LogP contribution in [0.2, 0.25) is 0 Å². The smallest absolute Gasteiger partial charge is 0.0482 e. The van der Waals surface area contributed by atoms with Gasteiger partial charge in [-0.3, -0.25) is 4.98 Å². The van der Waals surface area contributed by atoms with Gasteiger partial charge in [0.05, 0.1) is 0 Å². The molecule has 0 aromatic carbocycles. The molecule has 1 N–H and O–H groups in total. The lowest BCUT2D eigenvalue weighted by Crippen LogP contribution is -2.39. The zero-order valence-corrected chi connectivity index (χ0v) is 13.9. The highest BCUT2D eigenvalue weighted by Crippen LogP contribution is 2.33. The molecule has 2 atom stereocenters. The van der Waals surface area contributed by atoms with Gasteiger partial charge in [0.25, 0.3) is 0 Å². The molecule has 0 spiro atoms. The first-order valence-corrected chi connectivity index (χ1v) is 9.12. The Morgan fingerprint density at radius 3 is 3.00 bits per heavy atom. The minimum Gasteiger partial charge on any atom is -0.313 e. The van der Waals surface area contributed by atoms with Gasteiger partial charge < -0.3 is 5.32 Å². The summed E-state index contributed by atoms with van der Waals surface area (Å²) in [7, 11) is 0. The number of fused-ring (bicyclic) bond motifs is 1. The van der Waals surface area contributed by atoms with Gasteiger partial charge in [-0.2, -0.15) is 11.8 Å². The second kappa shape index (κ2) is 8.04. The predicted molar refractivity (Wildman–Crippen MR) is 89.5 cm³/mol. The van der Waals surface area contributed by atoms with Crippen LogP contribution in [-0.4, -0.2) is 29.1 Å². The van der Waals surface area contributed by atoms with Crippen LogP contribution in [0.5, 0.6) is 0 Å². The third-order valence-electron chi connectivity index (χ3n) is 3.94. The molecule has 1 aliphatic carbocycles. The van der Waals surface area contributed by atoms with E-state index in [1.165, 1.54) is 42.0 Å². The molecule has 0 saturated heterocycles. The van der Waals surface area contributed by atoms with Crippen LogP contribution in [0, 0.1) is 5.92 Å². The topological polar surface area (TPSA) is 24.9 Å². The Hall–Kier alpha value is -0.540. The monoisotopic (exact) mass is 292 g/mol. The summed E-state index contributed by atoms with van der Waals surface area (Å²) in [4.78, 5) is 4.70. The van der Waals surface area contributed by atoms with Crippen molar-refractivity contribution in [2.75, 3.05) is 18.1 Å². The Balaban J connectivity index is 2.05. The van der Waals surface area contributed by atoms with E-state index in [4.69, 9.17) is 4.98 Å². The fraction of sp³-hybridized carbons (Fsp3) is 0.706. The van der Waals surface area contributed by atoms with Crippen LogP contribution >= 0.6 is 11.8 Å². The first kappa shape index (κ1) is 15.8. The highest BCUT2D eigenvalue weighted by atomic mass is 32.2. The zero-order valence-electron chi connectivity index (χ0n) is 13.1. The molecule has 2 rings (SSSR count). The Bertz CT molecular complexity index is 406. The van der Waals surface area contributed by atoms with Crippen molar-refractivity contribution in [3.63, 3.8) is 0 Å². The molecule has 112 valence electrons. The molecule has 0 fully saturated rings. The molecule has 0 saturated carbocycles. The number of nitrogens with zero attached hydrogens (tertiary/aromatic N) is 1. The van der Waals surface area contributed by atoms with Crippen molar-refractivity contribution >= 4 is 11.8 Å². The quantitative estimate of drug-likeness (QED) is 0.826. The van der Waals surface area contributed by atoms with Gasteiger partial charge in [0.15, 0.2) is 0 Å². The second-order valence-corrected chi connectivity index (χ2v) is 7.22. The normalized spacial score (nSPS) is 19.9. The molecule has 2 unspecified atom stereocenters. The van der Waals surface area contributed by atoms with Crippen molar-refractivity contribution in [3.05, 3.63) is 29.6 Å². The third-order valence-corrected chi connectivity index (χ3v) is 5.44. The number of pyridine rings is 1. The van der Waals surface area contributed by atoms with E-state index in [0.29, 0.717) is 12.0 Å². The SMILES string of the molecule is CCNC(CSCC(C)C)C1CCCc2cccnc21. The van der Waals surface area contributed by atoms with E-state index in [0.717, 1.165) is 12.5 Å². The Morgan fingerprint density at radius 1 is 1.40 bits per heavy atom. The van der Waals surface area contributed by atoms with Crippen molar-refractivity contribution in [3.8, 4) is 0 Å². The Morgan fingerprint density at radius 2 is 2.25 bits per heavy atom. The number of aryl methyl sites for hydroxylation is 1. The van der Waals surface area contributed by atoms with E-state index in [-0.39, 0.29) is 0 Å². The molecule has 2 nitrogen and oxygen atoms in total. The van der Waals surface area contributed by atoms with Crippen LogP contribution in [0.4, 0.5) is 0 Å². The molecule has 20 heavy (non-hydrogen) atoms. The molecule has 1 heterocycles. The molecule has 1 aromatic rings. The Kier molecular flexibility index (Phi) is 6.37. The Labute approximate surface area is 128 Å². The summed E-state index contributed by atoms with van der Waals surface area (Å²) in [6, 6.07) is 4.91. The highest BCUT2D eigenvalue weighted by Gasteiger charge is 2.28. The van der Waals surface area contributed by atoms with Crippen molar-refractivity contribution < 1.29 is 0 Å². The van der Waals surface area contributed by atoms with Crippen LogP contribution in [0.25, 0.3) is 0 Å². The molecule has 0 radical (unpaired) electrons. The number of nitrogens with one attached hydrogen (secondary N) is 1. The van der Waals surface area contributed by atoms with Crippen molar-refractivity contribution in [2.45, 2.75) is 52.0 Å². The van der Waals surface area contributed by atoms with Gasteiger partial charge in [-0.05, 0) is 49.1 Å². The van der Waals surface area contributed by atoms with Crippen molar-refractivity contribution in [1.29, 1.82) is 0 Å². The molecule has 0 amide bonds. The summed E-state index contributed by atoms with van der Waals surface area (Å²) in [5, 5.41) is 3.71. The predicted octanol–water partition coefficient (Wildman–Crippen LogP) is 3.87. The molecular weight excluding hydrogens is 264 g/mol. The van der Waals surface area contributed by atoms with Crippen molar-refractivity contribution in [2.24, 2.45) is 5.92 Å². The first-order chi connectivity index (χ1) is 9.72. The first-order valence-electron chi connectivity index (χ1n) is 7.97. The van der Waals surface area contributed by atoms with Crippen LogP contribution in [-0.2, 0) is 6.42 Å². The molecule has 0 bridgehead atoms. The molecule has 1 aromatic heterocycles. The summed E-state index contributed by atoms with van der Waals surface area (Å²) in [5.74, 6) is 3.83. The van der Waals surface area contributed by atoms with Gasteiger partial charge in [-0.25, -0.2) is 0 Å². The van der Waals surface area contributed by atoms with E-state index in [1.54, 1.807) is 0 Å². The number of aromatic nitrogens is 1. The largest absolute Gasteiger partial charge is 0.313 e. The molecule has 0 aliphatic heterocycles. The summed E-state index contributed by atoms with van der Waals surface area (Å²) >= 11 is 2.09. The van der Waals surface area contributed by atoms with Gasteiger partial charge in [0, 0.05) is 29.6 Å². The van der Waals surface area contributed by atoms with Crippen LogP contribution in [0.15, 0.2) is 18.3 Å². The van der Waals surface area contributed by atoms with Gasteiger partial charge in [-0.15, -0.1) is 0 Å². The number of thioether (sulfide) groups is 1. The van der Waals surface area contributed by atoms with E-state index in [2.05, 4.69) is 50.0 Å². The maximum absolute atomic E-state index is 4.70. The van der Waals surface area contributed by atoms with E-state index in [1.807, 2.05) is 6.20 Å². The van der Waals surface area contributed by atoms with Crippen LogP contribution in [0.1, 0.15) is 50.8 Å². The van der Waals surface area contributed by atoms with Gasteiger partial charge >= 0.3 is 0 Å². The lowest BCUT2D eigenvalue weighted by atomic mass is 9.82. The number of likely N-dealkylation sites (N-methyl/N-ethyl adjacent to an activating group) is 1. The van der Waals surface area contributed by atoms with Gasteiger partial charge in [0.1, 0.15) is 0 Å². The number of hydrogen-bond donors (Lipinski definition) is 1. The van der Waals surface area contributed by atoms with E-state index < -0.39 is 0 Å². The highest BCUT2D eigenvalue weighted by molar-refractivity contribution is 7.99. The number of hydrogen-bond acceptors (Lipinski definition) is 3. The minimum atomic E-state index is 0.567. The summed E-state index contributed by atoms with van der Waals surface area (Å²) in [6.45, 7) is 7.85. The zero-order chi connectivity index (χ0) is 14.4. The summed E-state index contributed by atoms with van der Waals surface area (Å²) < 4.78 is 0. The van der Waals surface area contributed by atoms with Gasteiger partial charge in [0.2, 0.25) is 0 Å². The maximum atomic E-state index is 4.70. The summed E-state index contributed by atoms with van der Waals surface area (Å²) in [6.07, 6.45) is 5.75. The fourth-order valence-corrected chi connectivity index (χ4v) is 4.26. The third kappa shape index (κ3) is 4.23. The lowest BCUT2D eigenvalue weighted by Gasteiger charge is -2.32. The number of rotatable bonds is 7. The fourth-order valence-electron chi connectivity index (χ4n) is 3.05. The second-order valence-electron chi connectivity index (χ2n) is 6.14. The average Bonchev–Trinajstić information content (AvgIpc) is 2.45. The molecule has 1 aliphatic rings. The van der Waals surface area contributed by atoms with Crippen molar-refractivity contribution in [1.82, 2.24) is 10.3 Å².